The van der Waals surface area contributed by atoms with Gasteiger partial charge in [-0.25, -0.2) is 0 Å². The standard InChI is InChI=1S/C26H28N2O3/c1-27(19-22-11-5-7-13-24(22)28-15-17-30-18-16-28)26(29)20-31-25-14-8-6-12-23(25)21-9-3-2-4-10-21/h2-14H,15-20H2,1H3. The van der Waals surface area contributed by atoms with E-state index in [1.54, 1.807) is 4.90 Å². The smallest absolute Gasteiger partial charge is 0.260 e. The molecule has 0 saturated carbocycles. The van der Waals surface area contributed by atoms with E-state index >= 15 is 0 Å². The molecule has 1 saturated heterocycles. The molecule has 0 aliphatic carbocycles. The Labute approximate surface area is 183 Å². The molecule has 1 amide bonds. The summed E-state index contributed by atoms with van der Waals surface area (Å²) < 4.78 is 11.4. The summed E-state index contributed by atoms with van der Waals surface area (Å²) in [4.78, 5) is 16.9. The average Bonchev–Trinajstić information content (AvgIpc) is 2.84. The monoisotopic (exact) mass is 416 g/mol. The molecule has 0 spiro atoms. The van der Waals surface area contributed by atoms with Crippen LogP contribution in [0.1, 0.15) is 5.56 Å². The number of nitrogens with zero attached hydrogens (tertiary/aromatic N) is 2. The summed E-state index contributed by atoms with van der Waals surface area (Å²) in [5, 5.41) is 0. The van der Waals surface area contributed by atoms with E-state index < -0.39 is 0 Å². The summed E-state index contributed by atoms with van der Waals surface area (Å²) >= 11 is 0. The SMILES string of the molecule is CN(Cc1ccccc1N1CCOCC1)C(=O)COc1ccccc1-c1ccccc1. The third-order valence-electron chi connectivity index (χ3n) is 5.50. The van der Waals surface area contributed by atoms with Gasteiger partial charge < -0.3 is 19.3 Å². The van der Waals surface area contributed by atoms with Crippen LogP contribution in [-0.2, 0) is 16.1 Å². The Morgan fingerprint density at radius 1 is 0.935 bits per heavy atom. The number of ether oxygens (including phenoxy) is 2. The van der Waals surface area contributed by atoms with Crippen LogP contribution in [0, 0.1) is 0 Å². The average molecular weight is 417 g/mol. The highest BCUT2D eigenvalue weighted by Crippen LogP contribution is 2.29. The van der Waals surface area contributed by atoms with Gasteiger partial charge in [-0.1, -0.05) is 66.7 Å². The molecule has 31 heavy (non-hydrogen) atoms. The number of carbonyl (C=O) groups excluding carboxylic acids is 1. The molecule has 1 aliphatic rings. The lowest BCUT2D eigenvalue weighted by Crippen LogP contribution is -2.37. The summed E-state index contributed by atoms with van der Waals surface area (Å²) in [5.41, 5.74) is 4.35. The molecule has 5 nitrogen and oxygen atoms in total. The van der Waals surface area contributed by atoms with Crippen molar-refractivity contribution in [2.75, 3.05) is 44.9 Å². The second-order valence-corrected chi connectivity index (χ2v) is 7.63. The summed E-state index contributed by atoms with van der Waals surface area (Å²) in [5.74, 6) is 0.656. The molecule has 0 aromatic heterocycles. The summed E-state index contributed by atoms with van der Waals surface area (Å²) in [6.45, 7) is 3.74. The quantitative estimate of drug-likeness (QED) is 0.578. The first-order valence-electron chi connectivity index (χ1n) is 10.6. The molecule has 0 N–H and O–H groups in total. The van der Waals surface area contributed by atoms with Crippen molar-refractivity contribution in [2.24, 2.45) is 0 Å². The highest BCUT2D eigenvalue weighted by Gasteiger charge is 2.17. The predicted octanol–water partition coefficient (Wildman–Crippen LogP) is 4.23. The van der Waals surface area contributed by atoms with Crippen molar-refractivity contribution in [3.8, 4) is 16.9 Å². The highest BCUT2D eigenvalue weighted by molar-refractivity contribution is 5.78. The number of hydrogen-bond donors (Lipinski definition) is 0. The molecule has 160 valence electrons. The minimum absolute atomic E-state index is 0.0000676. The maximum absolute atomic E-state index is 12.8. The van der Waals surface area contributed by atoms with Crippen LogP contribution < -0.4 is 9.64 Å². The van der Waals surface area contributed by atoms with Crippen molar-refractivity contribution in [2.45, 2.75) is 6.54 Å². The van der Waals surface area contributed by atoms with Gasteiger partial charge in [0.25, 0.3) is 5.91 Å². The minimum Gasteiger partial charge on any atom is -0.483 e. The fourth-order valence-electron chi connectivity index (χ4n) is 3.80. The molecule has 3 aromatic rings. The number of hydrogen-bond acceptors (Lipinski definition) is 4. The minimum atomic E-state index is -0.0559. The van der Waals surface area contributed by atoms with E-state index in [4.69, 9.17) is 9.47 Å². The van der Waals surface area contributed by atoms with Crippen molar-refractivity contribution in [1.29, 1.82) is 0 Å². The van der Waals surface area contributed by atoms with Gasteiger partial charge in [-0.05, 0) is 23.3 Å². The van der Waals surface area contributed by atoms with Gasteiger partial charge in [0, 0.05) is 37.9 Å². The fraction of sp³-hybridized carbons (Fsp3) is 0.269. The van der Waals surface area contributed by atoms with Crippen molar-refractivity contribution < 1.29 is 14.3 Å². The second-order valence-electron chi connectivity index (χ2n) is 7.63. The van der Waals surface area contributed by atoms with E-state index in [-0.39, 0.29) is 12.5 Å². The number of likely N-dealkylation sites (N-methyl/N-ethyl adjacent to an activating group) is 1. The third-order valence-corrected chi connectivity index (χ3v) is 5.50. The van der Waals surface area contributed by atoms with Gasteiger partial charge in [-0.2, -0.15) is 0 Å². The van der Waals surface area contributed by atoms with Gasteiger partial charge >= 0.3 is 0 Å². The van der Waals surface area contributed by atoms with E-state index in [1.165, 1.54) is 5.69 Å². The molecule has 0 unspecified atom stereocenters. The normalized spacial score (nSPS) is 13.6. The second kappa shape index (κ2) is 10.1. The molecule has 1 fully saturated rings. The molecular weight excluding hydrogens is 388 g/mol. The summed E-state index contributed by atoms with van der Waals surface area (Å²) in [6, 6.07) is 26.1. The van der Waals surface area contributed by atoms with Crippen molar-refractivity contribution in [3.63, 3.8) is 0 Å². The van der Waals surface area contributed by atoms with E-state index in [0.717, 1.165) is 43.0 Å². The van der Waals surface area contributed by atoms with Gasteiger partial charge in [0.2, 0.25) is 0 Å². The highest BCUT2D eigenvalue weighted by atomic mass is 16.5. The maximum Gasteiger partial charge on any atom is 0.260 e. The van der Waals surface area contributed by atoms with Crippen LogP contribution in [0.5, 0.6) is 5.75 Å². The molecule has 0 bridgehead atoms. The Morgan fingerprint density at radius 2 is 1.61 bits per heavy atom. The van der Waals surface area contributed by atoms with Crippen LogP contribution in [0.15, 0.2) is 78.9 Å². The largest absolute Gasteiger partial charge is 0.483 e. The van der Waals surface area contributed by atoms with Crippen LogP contribution in [-0.4, -0.2) is 50.8 Å². The zero-order chi connectivity index (χ0) is 21.5. The molecule has 3 aromatic carbocycles. The number of morpholine rings is 1. The number of benzene rings is 3. The lowest BCUT2D eigenvalue weighted by Gasteiger charge is -2.31. The molecule has 4 rings (SSSR count). The number of amides is 1. The molecule has 0 atom stereocenters. The Morgan fingerprint density at radius 3 is 2.42 bits per heavy atom. The Kier molecular flexibility index (Phi) is 6.85. The zero-order valence-corrected chi connectivity index (χ0v) is 17.9. The molecule has 0 radical (unpaired) electrons. The van der Waals surface area contributed by atoms with Crippen molar-refractivity contribution in [3.05, 3.63) is 84.4 Å². The van der Waals surface area contributed by atoms with Crippen molar-refractivity contribution in [1.82, 2.24) is 4.90 Å². The predicted molar refractivity (Wildman–Crippen MR) is 123 cm³/mol. The third kappa shape index (κ3) is 5.25. The Balaban J connectivity index is 1.41. The van der Waals surface area contributed by atoms with Crippen molar-refractivity contribution >= 4 is 11.6 Å². The van der Waals surface area contributed by atoms with Crippen LogP contribution in [0.2, 0.25) is 0 Å². The summed E-state index contributed by atoms with van der Waals surface area (Å²) in [7, 11) is 1.82. The number of carbonyl (C=O) groups is 1. The molecule has 1 heterocycles. The van der Waals surface area contributed by atoms with E-state index in [9.17, 15) is 4.79 Å². The van der Waals surface area contributed by atoms with E-state index in [1.807, 2.05) is 73.8 Å². The van der Waals surface area contributed by atoms with Gasteiger partial charge in [-0.3, -0.25) is 4.79 Å². The molecule has 1 aliphatic heterocycles. The lowest BCUT2D eigenvalue weighted by atomic mass is 10.1. The van der Waals surface area contributed by atoms with Gasteiger partial charge in [-0.15, -0.1) is 0 Å². The topological polar surface area (TPSA) is 42.0 Å². The molecule has 5 heteroatoms. The van der Waals surface area contributed by atoms with Gasteiger partial charge in [0.15, 0.2) is 6.61 Å². The maximum atomic E-state index is 12.8. The summed E-state index contributed by atoms with van der Waals surface area (Å²) in [6.07, 6.45) is 0. The fourth-order valence-corrected chi connectivity index (χ4v) is 3.80. The molecular formula is C26H28N2O3. The van der Waals surface area contributed by atoms with Crippen LogP contribution in [0.25, 0.3) is 11.1 Å². The van der Waals surface area contributed by atoms with E-state index in [2.05, 4.69) is 17.0 Å². The van der Waals surface area contributed by atoms with Gasteiger partial charge in [0.1, 0.15) is 5.75 Å². The number of para-hydroxylation sites is 2. The Hall–Kier alpha value is -3.31. The first-order valence-corrected chi connectivity index (χ1v) is 10.6. The number of rotatable bonds is 7. The zero-order valence-electron chi connectivity index (χ0n) is 17.9. The van der Waals surface area contributed by atoms with Crippen LogP contribution in [0.3, 0.4) is 0 Å². The van der Waals surface area contributed by atoms with Crippen LogP contribution in [0.4, 0.5) is 5.69 Å². The van der Waals surface area contributed by atoms with Gasteiger partial charge in [0.05, 0.1) is 13.2 Å². The van der Waals surface area contributed by atoms with Crippen LogP contribution >= 0.6 is 0 Å². The Bertz CT molecular complexity index is 1000. The number of anilines is 1. The van der Waals surface area contributed by atoms with E-state index in [0.29, 0.717) is 12.3 Å². The first-order chi connectivity index (χ1) is 15.2. The first kappa shape index (κ1) is 20.9. The lowest BCUT2D eigenvalue weighted by molar-refractivity contribution is -0.132.